The Hall–Kier alpha value is -0.760. The number of benzene rings is 1. The minimum Gasteiger partial charge on any atom is -0.495 e. The molecular formula is C10H11ClFO. The van der Waals surface area contributed by atoms with Gasteiger partial charge in [-0.3, -0.25) is 4.39 Å². The number of halogens is 2. The van der Waals surface area contributed by atoms with Crippen LogP contribution in [0.1, 0.15) is 11.5 Å². The topological polar surface area (TPSA) is 9.23 Å². The molecule has 1 unspecified atom stereocenters. The van der Waals surface area contributed by atoms with Crippen LogP contribution in [0.3, 0.4) is 0 Å². The van der Waals surface area contributed by atoms with Crippen molar-refractivity contribution in [1.82, 2.24) is 0 Å². The summed E-state index contributed by atoms with van der Waals surface area (Å²) in [6, 6.07) is 5.16. The molecule has 0 aliphatic heterocycles. The summed E-state index contributed by atoms with van der Waals surface area (Å²) in [6.45, 7) is 3.17. The largest absolute Gasteiger partial charge is 0.495 e. The fourth-order valence-corrected chi connectivity index (χ4v) is 1.29. The maximum Gasteiger partial charge on any atom is 0.137 e. The lowest BCUT2D eigenvalue weighted by molar-refractivity contribution is 0.414. The average molecular weight is 202 g/mol. The first-order chi connectivity index (χ1) is 6.19. The summed E-state index contributed by atoms with van der Waals surface area (Å²) < 4.78 is 17.2. The molecule has 0 aromatic heterocycles. The molecule has 1 aromatic rings. The average Bonchev–Trinajstić information content (AvgIpc) is 2.16. The summed E-state index contributed by atoms with van der Waals surface area (Å²) in [5.41, 5.74) is 0.785. The molecule has 0 spiro atoms. The Bertz CT molecular complexity index is 288. The molecule has 0 saturated heterocycles. The van der Waals surface area contributed by atoms with E-state index in [1.54, 1.807) is 18.2 Å². The summed E-state index contributed by atoms with van der Waals surface area (Å²) >= 11 is 5.86. The van der Waals surface area contributed by atoms with E-state index in [2.05, 4.69) is 6.92 Å². The molecule has 0 amide bonds. The van der Waals surface area contributed by atoms with E-state index in [4.69, 9.17) is 16.3 Å². The van der Waals surface area contributed by atoms with Crippen LogP contribution >= 0.6 is 11.6 Å². The van der Waals surface area contributed by atoms with Crippen molar-refractivity contribution in [3.63, 3.8) is 0 Å². The van der Waals surface area contributed by atoms with Crippen molar-refractivity contribution in [1.29, 1.82) is 0 Å². The van der Waals surface area contributed by atoms with Gasteiger partial charge in [-0.2, -0.15) is 0 Å². The summed E-state index contributed by atoms with van der Waals surface area (Å²) in [7, 11) is 1.54. The maximum atomic E-state index is 12.2. The van der Waals surface area contributed by atoms with Crippen LogP contribution in [0.5, 0.6) is 5.75 Å². The first kappa shape index (κ1) is 10.3. The van der Waals surface area contributed by atoms with Gasteiger partial charge in [0.15, 0.2) is 0 Å². The van der Waals surface area contributed by atoms with E-state index in [0.717, 1.165) is 5.56 Å². The van der Waals surface area contributed by atoms with E-state index in [1.807, 2.05) is 0 Å². The Balaban J connectivity index is 2.95. The van der Waals surface area contributed by atoms with Gasteiger partial charge in [-0.25, -0.2) is 0 Å². The van der Waals surface area contributed by atoms with Gasteiger partial charge in [0, 0.05) is 5.92 Å². The molecule has 0 aliphatic rings. The quantitative estimate of drug-likeness (QED) is 0.730. The molecule has 71 valence electrons. The third-order valence-electron chi connectivity index (χ3n) is 1.83. The van der Waals surface area contributed by atoms with Gasteiger partial charge >= 0.3 is 0 Å². The minimum absolute atomic E-state index is 0.358. The second-order valence-electron chi connectivity index (χ2n) is 2.75. The van der Waals surface area contributed by atoms with Gasteiger partial charge < -0.3 is 4.74 Å². The summed E-state index contributed by atoms with van der Waals surface area (Å²) in [5.74, 6) is 0.236. The first-order valence-electron chi connectivity index (χ1n) is 3.91. The Morgan fingerprint density at radius 1 is 1.62 bits per heavy atom. The number of rotatable bonds is 3. The summed E-state index contributed by atoms with van der Waals surface area (Å²) in [6.07, 6.45) is 0. The number of alkyl halides is 1. The molecule has 0 bridgehead atoms. The minimum atomic E-state index is -0.483. The molecule has 0 saturated carbocycles. The van der Waals surface area contributed by atoms with Crippen molar-refractivity contribution in [2.24, 2.45) is 0 Å². The molecule has 3 heteroatoms. The van der Waals surface area contributed by atoms with Crippen LogP contribution in [0.4, 0.5) is 4.39 Å². The number of ether oxygens (including phenoxy) is 1. The van der Waals surface area contributed by atoms with Gasteiger partial charge in [0.2, 0.25) is 0 Å². The Kier molecular flexibility index (Phi) is 3.55. The zero-order valence-electron chi connectivity index (χ0n) is 7.39. The molecule has 1 nitrogen and oxygen atoms in total. The highest BCUT2D eigenvalue weighted by molar-refractivity contribution is 6.32. The van der Waals surface area contributed by atoms with E-state index < -0.39 is 6.67 Å². The van der Waals surface area contributed by atoms with E-state index in [1.165, 1.54) is 7.11 Å². The maximum absolute atomic E-state index is 12.2. The highest BCUT2D eigenvalue weighted by atomic mass is 35.5. The first-order valence-corrected chi connectivity index (χ1v) is 4.29. The normalized spacial score (nSPS) is 12.6. The molecule has 0 aliphatic carbocycles. The van der Waals surface area contributed by atoms with E-state index in [9.17, 15) is 4.39 Å². The van der Waals surface area contributed by atoms with Crippen LogP contribution in [0.25, 0.3) is 0 Å². The van der Waals surface area contributed by atoms with Gasteiger partial charge in [0.25, 0.3) is 0 Å². The van der Waals surface area contributed by atoms with Crippen LogP contribution in [-0.4, -0.2) is 13.8 Å². The van der Waals surface area contributed by atoms with E-state index in [0.29, 0.717) is 10.8 Å². The molecule has 1 aromatic carbocycles. The smallest absolute Gasteiger partial charge is 0.137 e. The highest BCUT2D eigenvalue weighted by Gasteiger charge is 2.07. The fourth-order valence-electron chi connectivity index (χ4n) is 1.03. The van der Waals surface area contributed by atoms with Gasteiger partial charge in [-0.05, 0) is 24.6 Å². The third kappa shape index (κ3) is 2.34. The SMILES string of the molecule is [CH2]C(CF)c1ccc(OC)c(Cl)c1. The Morgan fingerprint density at radius 3 is 2.77 bits per heavy atom. The molecule has 0 fully saturated rings. The molecule has 1 atom stereocenters. The Morgan fingerprint density at radius 2 is 2.31 bits per heavy atom. The number of methoxy groups -OCH3 is 1. The molecule has 1 rings (SSSR count). The second-order valence-corrected chi connectivity index (χ2v) is 3.15. The number of hydrogen-bond donors (Lipinski definition) is 0. The van der Waals surface area contributed by atoms with Crippen LogP contribution in [0.2, 0.25) is 5.02 Å². The monoisotopic (exact) mass is 201 g/mol. The molecule has 1 radical (unpaired) electrons. The van der Waals surface area contributed by atoms with Crippen LogP contribution in [0, 0.1) is 6.92 Å². The van der Waals surface area contributed by atoms with Crippen molar-refractivity contribution in [2.45, 2.75) is 5.92 Å². The van der Waals surface area contributed by atoms with Crippen molar-refractivity contribution in [2.75, 3.05) is 13.8 Å². The lowest BCUT2D eigenvalue weighted by Gasteiger charge is -2.09. The van der Waals surface area contributed by atoms with Crippen molar-refractivity contribution in [3.05, 3.63) is 35.7 Å². The lowest BCUT2D eigenvalue weighted by Crippen LogP contribution is -1.96. The zero-order chi connectivity index (χ0) is 9.84. The summed E-state index contributed by atoms with van der Waals surface area (Å²) in [4.78, 5) is 0. The van der Waals surface area contributed by atoms with Crippen molar-refractivity contribution < 1.29 is 9.13 Å². The lowest BCUT2D eigenvalue weighted by atomic mass is 10.0. The van der Waals surface area contributed by atoms with Gasteiger partial charge in [0.1, 0.15) is 5.75 Å². The van der Waals surface area contributed by atoms with Crippen molar-refractivity contribution in [3.8, 4) is 5.75 Å². The molecule has 0 heterocycles. The van der Waals surface area contributed by atoms with Crippen molar-refractivity contribution >= 4 is 11.6 Å². The van der Waals surface area contributed by atoms with Crippen LogP contribution in [0.15, 0.2) is 18.2 Å². The zero-order valence-corrected chi connectivity index (χ0v) is 8.14. The highest BCUT2D eigenvalue weighted by Crippen LogP contribution is 2.28. The van der Waals surface area contributed by atoms with Crippen LogP contribution in [-0.2, 0) is 0 Å². The fraction of sp³-hybridized carbons (Fsp3) is 0.300. The molecule has 0 N–H and O–H groups in total. The molecule has 13 heavy (non-hydrogen) atoms. The second kappa shape index (κ2) is 4.47. The van der Waals surface area contributed by atoms with E-state index in [-0.39, 0.29) is 5.92 Å². The number of hydrogen-bond acceptors (Lipinski definition) is 1. The van der Waals surface area contributed by atoms with Crippen LogP contribution < -0.4 is 4.74 Å². The predicted octanol–water partition coefficient (Wildman–Crippen LogP) is 3.24. The standard InChI is InChI=1S/C10H11ClFO/c1-7(6-12)8-3-4-10(13-2)9(11)5-8/h3-5,7H,1,6H2,2H3. The van der Waals surface area contributed by atoms with Gasteiger partial charge in [-0.15, -0.1) is 0 Å². The van der Waals surface area contributed by atoms with Gasteiger partial charge in [0.05, 0.1) is 18.8 Å². The van der Waals surface area contributed by atoms with E-state index >= 15 is 0 Å². The predicted molar refractivity (Wildman–Crippen MR) is 52.1 cm³/mol. The summed E-state index contributed by atoms with van der Waals surface area (Å²) in [5, 5.41) is 0.488. The van der Waals surface area contributed by atoms with Gasteiger partial charge in [-0.1, -0.05) is 17.7 Å². The molecular weight excluding hydrogens is 191 g/mol. The Labute approximate surface area is 82.5 Å². The third-order valence-corrected chi connectivity index (χ3v) is 2.13.